The van der Waals surface area contributed by atoms with E-state index in [1.54, 1.807) is 0 Å². The number of nitrogens with two attached hydrogens (primary N) is 2. The van der Waals surface area contributed by atoms with E-state index in [2.05, 4.69) is 5.50 Å². The summed E-state index contributed by atoms with van der Waals surface area (Å²) in [4.78, 5) is 10.1. The van der Waals surface area contributed by atoms with Gasteiger partial charge in [-0.3, -0.25) is 4.79 Å². The van der Waals surface area contributed by atoms with Crippen LogP contribution in [0.1, 0.15) is 6.92 Å². The van der Waals surface area contributed by atoms with Gasteiger partial charge in [-0.1, -0.05) is 9.39 Å². The van der Waals surface area contributed by atoms with Crippen LogP contribution in [0.3, 0.4) is 0 Å². The maximum Gasteiger partial charge on any atom is 0.243 e. The van der Waals surface area contributed by atoms with Crippen molar-refractivity contribution in [3.8, 4) is 0 Å². The Kier molecular flexibility index (Phi) is 16.0. The molecule has 0 bridgehead atoms. The Morgan fingerprint density at radius 3 is 2.25 bits per heavy atom. The summed E-state index contributed by atoms with van der Waals surface area (Å²) < 4.78 is 9.74. The van der Waals surface area contributed by atoms with E-state index in [-0.39, 0.29) is 6.61 Å². The third-order valence-electron chi connectivity index (χ3n) is 0.820. The Hall–Kier alpha value is -0.220. The predicted molar refractivity (Wildman–Crippen MR) is 50.4 cm³/mol. The molecule has 0 aliphatic rings. The predicted octanol–water partition coefficient (Wildman–Crippen LogP) is -0.740. The highest BCUT2D eigenvalue weighted by molar-refractivity contribution is 7.13. The number of rotatable bonds is 6. The Morgan fingerprint density at radius 1 is 1.33 bits per heavy atom. The maximum atomic E-state index is 10.1. The summed E-state index contributed by atoms with van der Waals surface area (Å²) >= 11 is 0. The normalized spacial score (nSPS) is 8.58. The first kappa shape index (κ1) is 14.3. The van der Waals surface area contributed by atoms with Crippen molar-refractivity contribution < 1.29 is 14.3 Å². The molecule has 0 saturated heterocycles. The van der Waals surface area contributed by atoms with Crippen molar-refractivity contribution in [1.29, 1.82) is 0 Å². The second-order valence-electron chi connectivity index (χ2n) is 1.72. The van der Waals surface area contributed by atoms with Gasteiger partial charge in [-0.2, -0.15) is 0 Å². The van der Waals surface area contributed by atoms with Crippen LogP contribution in [0.2, 0.25) is 0 Å². The van der Waals surface area contributed by atoms with Gasteiger partial charge >= 0.3 is 0 Å². The summed E-state index contributed by atoms with van der Waals surface area (Å²) in [7, 11) is 1.92. The Bertz CT molecular complexity index is 103. The molecule has 0 aromatic carbocycles. The van der Waals surface area contributed by atoms with Gasteiger partial charge in [-0.15, -0.1) is 0 Å². The number of carbonyl (C=O) groups is 1. The van der Waals surface area contributed by atoms with Crippen molar-refractivity contribution in [2.75, 3.05) is 26.4 Å². The van der Waals surface area contributed by atoms with Gasteiger partial charge in [0.1, 0.15) is 6.61 Å². The first-order chi connectivity index (χ1) is 5.77. The topological polar surface area (TPSA) is 87.6 Å². The quantitative estimate of drug-likeness (QED) is 0.432. The fraction of sp³-hybridized carbons (Fsp3) is 0.833. The van der Waals surface area contributed by atoms with Gasteiger partial charge in [0.15, 0.2) is 0 Å². The second-order valence-corrected chi connectivity index (χ2v) is 1.72. The molecule has 1 unspecified atom stereocenters. The van der Waals surface area contributed by atoms with Crippen LogP contribution in [0.25, 0.3) is 0 Å². The molecule has 5 nitrogen and oxygen atoms in total. The number of primary amides is 1. The highest BCUT2D eigenvalue weighted by Crippen LogP contribution is 1.76. The van der Waals surface area contributed by atoms with Crippen molar-refractivity contribution in [3.05, 3.63) is 0 Å². The molecule has 1 atom stereocenters. The fourth-order valence-electron chi connectivity index (χ4n) is 0.435. The second kappa shape index (κ2) is 13.4. The largest absolute Gasteiger partial charge is 0.379 e. The lowest BCUT2D eigenvalue weighted by atomic mass is 10.7. The number of amides is 1. The first-order valence-electron chi connectivity index (χ1n) is 3.54. The van der Waals surface area contributed by atoms with Crippen molar-refractivity contribution in [2.24, 2.45) is 11.2 Å². The molecule has 12 heavy (non-hydrogen) atoms. The average Bonchev–Trinajstić information content (AvgIpc) is 2.07. The average molecular weight is 196 g/mol. The van der Waals surface area contributed by atoms with E-state index in [0.29, 0.717) is 19.8 Å². The van der Waals surface area contributed by atoms with Crippen molar-refractivity contribution in [1.82, 2.24) is 0 Å². The number of hydrogen-bond donors (Lipinski definition) is 2. The fourth-order valence-corrected chi connectivity index (χ4v) is 0.435. The van der Waals surface area contributed by atoms with Crippen LogP contribution in [0, 0.1) is 0 Å². The monoisotopic (exact) mass is 196 g/mol. The molecule has 0 radical (unpaired) electrons. The summed E-state index contributed by atoms with van der Waals surface area (Å²) in [5, 5.41) is 0. The van der Waals surface area contributed by atoms with Crippen LogP contribution >= 0.6 is 9.39 Å². The Morgan fingerprint density at radius 2 is 1.83 bits per heavy atom. The first-order valence-corrected chi connectivity index (χ1v) is 4.21. The maximum absolute atomic E-state index is 10.1. The van der Waals surface area contributed by atoms with E-state index in [9.17, 15) is 4.79 Å². The molecular weight excluding hydrogens is 179 g/mol. The van der Waals surface area contributed by atoms with Gasteiger partial charge in [0, 0.05) is 6.61 Å². The van der Waals surface area contributed by atoms with Crippen LogP contribution in [0.5, 0.6) is 0 Å². The molecule has 0 spiro atoms. The lowest BCUT2D eigenvalue weighted by Gasteiger charge is -2.00. The third kappa shape index (κ3) is 16.4. The van der Waals surface area contributed by atoms with Crippen molar-refractivity contribution in [3.63, 3.8) is 0 Å². The number of ether oxygens (including phenoxy) is 2. The molecule has 0 aromatic rings. The van der Waals surface area contributed by atoms with E-state index in [0.717, 1.165) is 0 Å². The van der Waals surface area contributed by atoms with Crippen LogP contribution in [-0.4, -0.2) is 32.3 Å². The van der Waals surface area contributed by atoms with Crippen LogP contribution in [0.4, 0.5) is 0 Å². The zero-order chi connectivity index (χ0) is 9.82. The molecule has 0 fully saturated rings. The van der Waals surface area contributed by atoms with Crippen LogP contribution < -0.4 is 11.2 Å². The molecular formula is C6H17N2O3P. The highest BCUT2D eigenvalue weighted by Gasteiger charge is 1.91. The summed E-state index contributed by atoms with van der Waals surface area (Å²) in [6.07, 6.45) is 0. The Labute approximate surface area is 75.0 Å². The minimum absolute atomic E-state index is 0.0208. The van der Waals surface area contributed by atoms with Gasteiger partial charge in [-0.05, 0) is 6.92 Å². The third-order valence-corrected chi connectivity index (χ3v) is 0.820. The van der Waals surface area contributed by atoms with Gasteiger partial charge in [0.2, 0.25) is 5.91 Å². The van der Waals surface area contributed by atoms with E-state index in [4.69, 9.17) is 15.2 Å². The van der Waals surface area contributed by atoms with Gasteiger partial charge in [-0.25, -0.2) is 0 Å². The summed E-state index contributed by atoms with van der Waals surface area (Å²) in [6, 6.07) is 0. The van der Waals surface area contributed by atoms with E-state index >= 15 is 0 Å². The molecule has 1 amide bonds. The minimum atomic E-state index is -0.448. The van der Waals surface area contributed by atoms with Gasteiger partial charge in [0.05, 0.1) is 13.2 Å². The van der Waals surface area contributed by atoms with E-state index in [1.807, 2.05) is 16.3 Å². The summed E-state index contributed by atoms with van der Waals surface area (Å²) in [6.45, 7) is 3.49. The van der Waals surface area contributed by atoms with Crippen LogP contribution in [-0.2, 0) is 14.3 Å². The number of carbonyl (C=O) groups excluding carboxylic acids is 1. The molecule has 4 N–H and O–H groups in total. The molecule has 0 saturated carbocycles. The van der Waals surface area contributed by atoms with Gasteiger partial charge < -0.3 is 20.7 Å². The molecule has 0 aliphatic heterocycles. The van der Waals surface area contributed by atoms with Crippen molar-refractivity contribution in [2.45, 2.75) is 6.92 Å². The molecule has 0 heterocycles. The lowest BCUT2D eigenvalue weighted by Crippen LogP contribution is -2.19. The van der Waals surface area contributed by atoms with Crippen molar-refractivity contribution >= 4 is 15.3 Å². The number of hydrogen-bond acceptors (Lipinski definition) is 4. The molecule has 6 heteroatoms. The smallest absolute Gasteiger partial charge is 0.243 e. The van der Waals surface area contributed by atoms with E-state index in [1.165, 1.54) is 0 Å². The standard InChI is InChI=1S/C6H13NO3.H4NP/c1-2-9-3-4-10-5-6(7)8;1-2/h2-5H2,1H3,(H2,7,8);1-2H2. The highest BCUT2D eigenvalue weighted by atomic mass is 31.0. The Balaban J connectivity index is 0. The minimum Gasteiger partial charge on any atom is -0.379 e. The molecule has 0 rings (SSSR count). The zero-order valence-electron chi connectivity index (χ0n) is 7.29. The van der Waals surface area contributed by atoms with Crippen LogP contribution in [0.15, 0.2) is 0 Å². The molecule has 74 valence electrons. The zero-order valence-corrected chi connectivity index (χ0v) is 8.44. The van der Waals surface area contributed by atoms with E-state index < -0.39 is 5.91 Å². The molecule has 0 aliphatic carbocycles. The summed E-state index contributed by atoms with van der Waals surface area (Å²) in [5.74, 6) is -0.448. The van der Waals surface area contributed by atoms with Gasteiger partial charge in [0.25, 0.3) is 0 Å². The SMILES string of the molecule is CCOCCOCC(N)=O.NP. The summed E-state index contributed by atoms with van der Waals surface area (Å²) in [5.41, 5.74) is 9.22. The molecule has 0 aromatic heterocycles. The lowest BCUT2D eigenvalue weighted by molar-refractivity contribution is -0.123.